The van der Waals surface area contributed by atoms with E-state index < -0.39 is 47.3 Å². The molecule has 0 aromatic heterocycles. The molecule has 0 saturated heterocycles. The summed E-state index contributed by atoms with van der Waals surface area (Å²) >= 11 is 24.9. The number of ketones is 2. The van der Waals surface area contributed by atoms with Gasteiger partial charge in [-0.3, -0.25) is 28.8 Å². The molecule has 0 aliphatic heterocycles. The smallest absolute Gasteiger partial charge is 0.258 e. The minimum absolute atomic E-state index is 0.0210. The van der Waals surface area contributed by atoms with E-state index in [1.54, 1.807) is 62.4 Å². The Labute approximate surface area is 412 Å². The maximum absolute atomic E-state index is 13.7. The van der Waals surface area contributed by atoms with Gasteiger partial charge in [-0.15, -0.1) is 23.2 Å². The Kier molecular flexibility index (Phi) is 18.7. The predicted octanol–water partition coefficient (Wildman–Crippen LogP) is 12.3. The fourth-order valence-corrected chi connectivity index (χ4v) is 6.97. The largest absolute Gasteiger partial charge is 0.488 e. The van der Waals surface area contributed by atoms with Gasteiger partial charge in [-0.1, -0.05) is 47.5 Å². The number of hydrogen-bond donors (Lipinski definition) is 4. The standard InChI is InChI=1S/C48H46Cl4N8O8/c1-7-67-43-39(55-47(65)41(27(5)61)59-57-37-21-31(19-33(51)23-37)45(63)53-35-13-9-29(10-14-35)25(3)49)17-18-40(44(43)68-8-2)56-48(66)42(28(6)62)60-58-38-22-32(20-34(52)24-38)46(64)54-36-15-11-30(12-16-36)26(4)50/h9-26,41-42H,7-8H2,1-6H3,(H,53,63)(H,54,64)(H,55,65)(H,56,66). The lowest BCUT2D eigenvalue weighted by atomic mass is 10.1. The van der Waals surface area contributed by atoms with Crippen molar-refractivity contribution in [2.75, 3.05) is 34.5 Å². The van der Waals surface area contributed by atoms with Crippen molar-refractivity contribution >= 4 is 116 Å². The number of amides is 4. The van der Waals surface area contributed by atoms with Crippen LogP contribution in [0.25, 0.3) is 0 Å². The van der Waals surface area contributed by atoms with E-state index in [1.165, 1.54) is 48.5 Å². The second-order valence-corrected chi connectivity index (χ2v) is 17.1. The topological polar surface area (TPSA) is 218 Å². The highest BCUT2D eigenvalue weighted by Gasteiger charge is 2.29. The van der Waals surface area contributed by atoms with Crippen LogP contribution < -0.4 is 30.7 Å². The second kappa shape index (κ2) is 24.3. The van der Waals surface area contributed by atoms with Gasteiger partial charge in [0.05, 0.1) is 46.7 Å². The normalized spacial score (nSPS) is 13.0. The molecule has 5 aromatic carbocycles. The van der Waals surface area contributed by atoms with Crippen LogP contribution in [0.3, 0.4) is 0 Å². The van der Waals surface area contributed by atoms with Gasteiger partial charge in [-0.05, 0) is 125 Å². The summed E-state index contributed by atoms with van der Waals surface area (Å²) < 4.78 is 11.8. The van der Waals surface area contributed by atoms with E-state index in [0.717, 1.165) is 25.0 Å². The fourth-order valence-electron chi connectivity index (χ4n) is 6.22. The number of carbonyl (C=O) groups is 6. The zero-order valence-electron chi connectivity index (χ0n) is 37.5. The number of rotatable bonds is 20. The number of halogens is 4. The molecule has 0 radical (unpaired) electrons. The first-order chi connectivity index (χ1) is 32.4. The first-order valence-corrected chi connectivity index (χ1v) is 22.6. The molecule has 0 fully saturated rings. The molecule has 5 rings (SSSR count). The van der Waals surface area contributed by atoms with E-state index in [0.29, 0.717) is 11.4 Å². The Hall–Kier alpha value is -6.72. The highest BCUT2D eigenvalue weighted by atomic mass is 35.5. The molecule has 354 valence electrons. The predicted molar refractivity (Wildman–Crippen MR) is 264 cm³/mol. The number of azo groups is 2. The van der Waals surface area contributed by atoms with Gasteiger partial charge in [0.15, 0.2) is 23.1 Å². The molecule has 0 aliphatic rings. The van der Waals surface area contributed by atoms with Crippen LogP contribution in [-0.2, 0) is 19.2 Å². The van der Waals surface area contributed by atoms with Gasteiger partial charge in [0.2, 0.25) is 12.1 Å². The fraction of sp³-hybridized carbons (Fsp3) is 0.250. The average Bonchev–Trinajstić information content (AvgIpc) is 3.28. The maximum Gasteiger partial charge on any atom is 0.258 e. The van der Waals surface area contributed by atoms with Gasteiger partial charge < -0.3 is 30.7 Å². The van der Waals surface area contributed by atoms with Crippen LogP contribution in [0.15, 0.2) is 118 Å². The monoisotopic (exact) mass is 1000 g/mol. The van der Waals surface area contributed by atoms with Gasteiger partial charge in [0, 0.05) is 32.5 Å². The van der Waals surface area contributed by atoms with Crippen LogP contribution in [0.2, 0.25) is 10.0 Å². The SMILES string of the molecule is CCOc1c(NC(=O)C(N=Nc2cc(Cl)cc(C(=O)Nc3ccc(C(C)Cl)cc3)c2)C(C)=O)ccc(NC(=O)C(N=Nc2cc(Cl)cc(C(=O)Nc3ccc(C(C)Cl)cc3)c2)C(C)=O)c1OCC. The second-order valence-electron chi connectivity index (χ2n) is 14.9. The van der Waals surface area contributed by atoms with E-state index in [-0.39, 0.29) is 79.4 Å². The Morgan fingerprint density at radius 3 is 1.19 bits per heavy atom. The Bertz CT molecular complexity index is 2560. The third-order valence-electron chi connectivity index (χ3n) is 9.59. The lowest BCUT2D eigenvalue weighted by Gasteiger charge is -2.20. The summed E-state index contributed by atoms with van der Waals surface area (Å²) in [6.45, 7) is 9.46. The minimum Gasteiger partial charge on any atom is -0.488 e. The van der Waals surface area contributed by atoms with E-state index in [2.05, 4.69) is 41.7 Å². The average molecular weight is 1000 g/mol. The van der Waals surface area contributed by atoms with Crippen molar-refractivity contribution in [3.05, 3.63) is 129 Å². The van der Waals surface area contributed by atoms with E-state index >= 15 is 0 Å². The van der Waals surface area contributed by atoms with Crippen LogP contribution in [0.1, 0.15) is 84.1 Å². The van der Waals surface area contributed by atoms with E-state index in [4.69, 9.17) is 55.9 Å². The van der Waals surface area contributed by atoms with Crippen molar-refractivity contribution in [3.8, 4) is 11.5 Å². The van der Waals surface area contributed by atoms with Crippen LogP contribution in [0.5, 0.6) is 11.5 Å². The molecule has 68 heavy (non-hydrogen) atoms. The van der Waals surface area contributed by atoms with Crippen molar-refractivity contribution in [1.29, 1.82) is 0 Å². The van der Waals surface area contributed by atoms with Crippen LogP contribution >= 0.6 is 46.4 Å². The number of alkyl halides is 2. The van der Waals surface area contributed by atoms with Gasteiger partial charge in [-0.2, -0.15) is 20.5 Å². The van der Waals surface area contributed by atoms with Crippen molar-refractivity contribution in [2.24, 2.45) is 20.5 Å². The first kappa shape index (κ1) is 52.3. The molecule has 0 spiro atoms. The Morgan fingerprint density at radius 2 is 0.882 bits per heavy atom. The van der Waals surface area contributed by atoms with Gasteiger partial charge in [0.25, 0.3) is 23.6 Å². The van der Waals surface area contributed by atoms with Gasteiger partial charge in [-0.25, -0.2) is 0 Å². The Morgan fingerprint density at radius 1 is 0.529 bits per heavy atom. The number of anilines is 4. The molecule has 4 N–H and O–H groups in total. The molecule has 0 heterocycles. The molecule has 20 heteroatoms. The van der Waals surface area contributed by atoms with Crippen molar-refractivity contribution < 1.29 is 38.2 Å². The number of nitrogens with zero attached hydrogens (tertiary/aromatic N) is 4. The molecular formula is C48H46Cl4N8O8. The van der Waals surface area contributed by atoms with Gasteiger partial charge >= 0.3 is 0 Å². The van der Waals surface area contributed by atoms with Crippen LogP contribution in [0.4, 0.5) is 34.1 Å². The summed E-state index contributed by atoms with van der Waals surface area (Å²) in [5.74, 6) is -4.17. The quantitative estimate of drug-likeness (QED) is 0.0333. The number of ether oxygens (including phenoxy) is 2. The molecule has 0 saturated carbocycles. The lowest BCUT2D eigenvalue weighted by Crippen LogP contribution is -2.32. The first-order valence-electron chi connectivity index (χ1n) is 21.0. The summed E-state index contributed by atoms with van der Waals surface area (Å²) in [7, 11) is 0. The maximum atomic E-state index is 13.7. The Balaban J connectivity index is 1.33. The zero-order chi connectivity index (χ0) is 49.7. The van der Waals surface area contributed by atoms with Crippen LogP contribution in [0, 0.1) is 0 Å². The minimum atomic E-state index is -1.66. The zero-order valence-corrected chi connectivity index (χ0v) is 40.6. The molecule has 4 atom stereocenters. The number of carbonyl (C=O) groups excluding carboxylic acids is 6. The number of benzene rings is 5. The summed E-state index contributed by atoms with van der Waals surface area (Å²) in [6, 6.07) is 21.9. The number of hydrogen-bond acceptors (Lipinski definition) is 12. The van der Waals surface area contributed by atoms with E-state index in [9.17, 15) is 28.8 Å². The molecular weight excluding hydrogens is 958 g/mol. The number of nitrogens with one attached hydrogen (secondary N) is 4. The van der Waals surface area contributed by atoms with Crippen molar-refractivity contribution in [2.45, 2.75) is 64.4 Å². The molecule has 16 nitrogen and oxygen atoms in total. The summed E-state index contributed by atoms with van der Waals surface area (Å²) in [4.78, 5) is 79.2. The lowest BCUT2D eigenvalue weighted by molar-refractivity contribution is -0.127. The summed E-state index contributed by atoms with van der Waals surface area (Å²) in [5.41, 5.74) is 3.31. The highest BCUT2D eigenvalue weighted by Crippen LogP contribution is 2.42. The van der Waals surface area contributed by atoms with E-state index in [1.807, 2.05) is 13.8 Å². The third kappa shape index (κ3) is 14.4. The molecule has 4 unspecified atom stereocenters. The van der Waals surface area contributed by atoms with Crippen molar-refractivity contribution in [1.82, 2.24) is 0 Å². The van der Waals surface area contributed by atoms with Crippen molar-refractivity contribution in [3.63, 3.8) is 0 Å². The highest BCUT2D eigenvalue weighted by molar-refractivity contribution is 6.32. The molecule has 5 aromatic rings. The third-order valence-corrected chi connectivity index (χ3v) is 10.5. The summed E-state index contributed by atoms with van der Waals surface area (Å²) in [6.07, 6.45) is 0. The molecule has 0 bridgehead atoms. The molecule has 0 aliphatic carbocycles. The number of Topliss-reactive ketones (excluding diaryl/α,β-unsaturated/α-hetero) is 2. The summed E-state index contributed by atoms with van der Waals surface area (Å²) in [5, 5.41) is 26.8. The van der Waals surface area contributed by atoms with Crippen LogP contribution in [-0.4, -0.2) is 60.5 Å². The van der Waals surface area contributed by atoms with Gasteiger partial charge in [0.1, 0.15) is 0 Å². The molecule has 4 amide bonds.